The van der Waals surface area contributed by atoms with Gasteiger partial charge in [0.2, 0.25) is 0 Å². The Kier molecular flexibility index (Phi) is 7.75. The zero-order valence-corrected chi connectivity index (χ0v) is 17.4. The number of hydrogen-bond acceptors (Lipinski definition) is 4. The average molecular weight is 431 g/mol. The summed E-state index contributed by atoms with van der Waals surface area (Å²) in [5.41, 5.74) is 0. The Bertz CT molecular complexity index is 676. The fourth-order valence-corrected chi connectivity index (χ4v) is 5.72. The van der Waals surface area contributed by atoms with E-state index in [0.717, 1.165) is 22.2 Å². The molecule has 0 N–H and O–H groups in total. The maximum atomic E-state index is 13.6. The quantitative estimate of drug-likeness (QED) is 0.614. The van der Waals surface area contributed by atoms with Gasteiger partial charge in [-0.2, -0.15) is 0 Å². The van der Waals surface area contributed by atoms with Crippen LogP contribution in [0, 0.1) is 0 Å². The third kappa shape index (κ3) is 5.20. The standard InChI is InChI=1S/C18H27BrN2O3S/c1-3-5-14-24-18(22)21-12-10-17(11-13-21)25(23,20-4-2)16-8-6-15(19)7-9-16/h6-9,17H,3-5,10-14H2,1-2H3. The number of hydrogen-bond donors (Lipinski definition) is 0. The molecule has 1 aromatic rings. The van der Waals surface area contributed by atoms with Crippen molar-refractivity contribution in [2.45, 2.75) is 49.7 Å². The van der Waals surface area contributed by atoms with Crippen LogP contribution < -0.4 is 0 Å². The number of likely N-dealkylation sites (tertiary alicyclic amines) is 1. The van der Waals surface area contributed by atoms with Gasteiger partial charge < -0.3 is 9.64 Å². The molecule has 1 atom stereocenters. The summed E-state index contributed by atoms with van der Waals surface area (Å²) in [5.74, 6) is 0. The van der Waals surface area contributed by atoms with Crippen LogP contribution >= 0.6 is 15.9 Å². The van der Waals surface area contributed by atoms with E-state index >= 15 is 0 Å². The van der Waals surface area contributed by atoms with Crippen molar-refractivity contribution in [2.24, 2.45) is 4.36 Å². The lowest BCUT2D eigenvalue weighted by atomic mass is 10.1. The summed E-state index contributed by atoms with van der Waals surface area (Å²) in [5, 5.41) is -0.0340. The van der Waals surface area contributed by atoms with Crippen LogP contribution in [0.1, 0.15) is 39.5 Å². The lowest BCUT2D eigenvalue weighted by Gasteiger charge is -2.32. The molecule has 1 aromatic carbocycles. The number of carbonyl (C=O) groups is 1. The second-order valence-corrected chi connectivity index (χ2v) is 9.57. The summed E-state index contributed by atoms with van der Waals surface area (Å²) in [6.45, 7) is 6.11. The highest BCUT2D eigenvalue weighted by molar-refractivity contribution is 9.10. The third-order valence-corrected chi connectivity index (χ3v) is 7.84. The predicted molar refractivity (Wildman–Crippen MR) is 104 cm³/mol. The molecular formula is C18H27BrN2O3S. The van der Waals surface area contributed by atoms with Gasteiger partial charge in [0.05, 0.1) is 21.6 Å². The minimum absolute atomic E-state index is 0.0340. The monoisotopic (exact) mass is 430 g/mol. The van der Waals surface area contributed by atoms with E-state index in [0.29, 0.717) is 39.1 Å². The topological polar surface area (TPSA) is 59.0 Å². The number of amides is 1. The van der Waals surface area contributed by atoms with Gasteiger partial charge in [0, 0.05) is 29.0 Å². The summed E-state index contributed by atoms with van der Waals surface area (Å²) in [7, 11) is -2.48. The number of benzene rings is 1. The van der Waals surface area contributed by atoms with Crippen molar-refractivity contribution in [3.63, 3.8) is 0 Å². The van der Waals surface area contributed by atoms with Crippen molar-refractivity contribution in [3.8, 4) is 0 Å². The molecule has 5 nitrogen and oxygen atoms in total. The maximum absolute atomic E-state index is 13.6. The second-order valence-electron chi connectivity index (χ2n) is 6.12. The number of rotatable bonds is 6. The number of nitrogens with zero attached hydrogens (tertiary/aromatic N) is 2. The smallest absolute Gasteiger partial charge is 0.409 e. The van der Waals surface area contributed by atoms with Crippen molar-refractivity contribution >= 4 is 31.8 Å². The van der Waals surface area contributed by atoms with Crippen molar-refractivity contribution < 1.29 is 13.7 Å². The number of piperidine rings is 1. The molecule has 1 fully saturated rings. The molecule has 25 heavy (non-hydrogen) atoms. The van der Waals surface area contributed by atoms with Gasteiger partial charge in [-0.15, -0.1) is 0 Å². The van der Waals surface area contributed by atoms with E-state index in [1.54, 1.807) is 4.90 Å². The highest BCUT2D eigenvalue weighted by atomic mass is 79.9. The Balaban J connectivity index is 2.06. The molecule has 1 aliphatic rings. The van der Waals surface area contributed by atoms with Crippen LogP contribution in [-0.4, -0.2) is 46.7 Å². The van der Waals surface area contributed by atoms with Crippen LogP contribution in [0.2, 0.25) is 0 Å². The minimum atomic E-state index is -2.48. The Morgan fingerprint density at radius 2 is 1.92 bits per heavy atom. The van der Waals surface area contributed by atoms with Gasteiger partial charge in [0.15, 0.2) is 0 Å². The molecule has 1 saturated heterocycles. The van der Waals surface area contributed by atoms with Crippen molar-refractivity contribution in [2.75, 3.05) is 26.2 Å². The highest BCUT2D eigenvalue weighted by Gasteiger charge is 2.31. The first-order valence-electron chi connectivity index (χ1n) is 8.90. The second kappa shape index (κ2) is 9.57. The number of ether oxygens (including phenoxy) is 1. The van der Waals surface area contributed by atoms with Crippen LogP contribution in [-0.2, 0) is 14.5 Å². The lowest BCUT2D eigenvalue weighted by Crippen LogP contribution is -2.42. The number of carbonyl (C=O) groups excluding carboxylic acids is 1. The summed E-state index contributed by atoms with van der Waals surface area (Å²) < 4.78 is 24.3. The van der Waals surface area contributed by atoms with E-state index in [-0.39, 0.29) is 11.3 Å². The summed E-state index contributed by atoms with van der Waals surface area (Å²) >= 11 is 3.42. The van der Waals surface area contributed by atoms with E-state index in [9.17, 15) is 9.00 Å². The molecule has 0 radical (unpaired) electrons. The maximum Gasteiger partial charge on any atom is 0.409 e. The fourth-order valence-electron chi connectivity index (χ4n) is 2.95. The molecule has 0 bridgehead atoms. The molecule has 1 amide bonds. The molecule has 140 valence electrons. The van der Waals surface area contributed by atoms with Crippen molar-refractivity contribution in [1.29, 1.82) is 0 Å². The molecule has 1 heterocycles. The Morgan fingerprint density at radius 3 is 2.48 bits per heavy atom. The molecule has 2 rings (SSSR count). The third-order valence-electron chi connectivity index (χ3n) is 4.35. The van der Waals surface area contributed by atoms with E-state index in [1.165, 1.54) is 0 Å². The number of halogens is 1. The van der Waals surface area contributed by atoms with Gasteiger partial charge in [0.25, 0.3) is 0 Å². The highest BCUT2D eigenvalue weighted by Crippen LogP contribution is 2.28. The van der Waals surface area contributed by atoms with Crippen molar-refractivity contribution in [1.82, 2.24) is 4.90 Å². The first-order valence-corrected chi connectivity index (χ1v) is 11.3. The molecule has 1 unspecified atom stereocenters. The van der Waals surface area contributed by atoms with Crippen LogP contribution in [0.5, 0.6) is 0 Å². The molecule has 0 aromatic heterocycles. The Labute approximate surface area is 159 Å². The molecular weight excluding hydrogens is 404 g/mol. The van der Waals surface area contributed by atoms with Gasteiger partial charge in [-0.25, -0.2) is 13.4 Å². The summed E-state index contributed by atoms with van der Waals surface area (Å²) in [6, 6.07) is 7.58. The van der Waals surface area contributed by atoms with Crippen LogP contribution in [0.15, 0.2) is 38.0 Å². The van der Waals surface area contributed by atoms with E-state index in [2.05, 4.69) is 27.2 Å². The normalized spacial score (nSPS) is 17.8. The van der Waals surface area contributed by atoms with Crippen molar-refractivity contribution in [3.05, 3.63) is 28.7 Å². The zero-order valence-electron chi connectivity index (χ0n) is 14.9. The lowest BCUT2D eigenvalue weighted by molar-refractivity contribution is 0.0945. The molecule has 1 aliphatic heterocycles. The molecule has 0 saturated carbocycles. The predicted octanol–water partition coefficient (Wildman–Crippen LogP) is 4.70. The van der Waals surface area contributed by atoms with Gasteiger partial charge in [-0.1, -0.05) is 29.3 Å². The van der Waals surface area contributed by atoms with Crippen LogP contribution in [0.4, 0.5) is 4.79 Å². The first-order chi connectivity index (χ1) is 12.0. The average Bonchev–Trinajstić information content (AvgIpc) is 2.62. The number of unbranched alkanes of at least 4 members (excludes halogenated alkanes) is 1. The van der Waals surface area contributed by atoms with Gasteiger partial charge in [0.1, 0.15) is 0 Å². The van der Waals surface area contributed by atoms with Gasteiger partial charge in [-0.05, 0) is 50.5 Å². The van der Waals surface area contributed by atoms with E-state index < -0.39 is 9.73 Å². The molecule has 7 heteroatoms. The van der Waals surface area contributed by atoms with E-state index in [1.807, 2.05) is 31.2 Å². The SMILES string of the molecule is CCCCOC(=O)N1CCC(S(=O)(=NCC)c2ccc(Br)cc2)CC1. The largest absolute Gasteiger partial charge is 0.449 e. The van der Waals surface area contributed by atoms with Crippen LogP contribution in [0.3, 0.4) is 0 Å². The first kappa shape index (κ1) is 20.2. The van der Waals surface area contributed by atoms with Gasteiger partial charge in [-0.3, -0.25) is 0 Å². The Hall–Kier alpha value is -1.08. The fraction of sp³-hybridized carbons (Fsp3) is 0.611. The zero-order chi connectivity index (χ0) is 18.3. The summed E-state index contributed by atoms with van der Waals surface area (Å²) in [6.07, 6.45) is 3.00. The molecule has 0 aliphatic carbocycles. The summed E-state index contributed by atoms with van der Waals surface area (Å²) in [4.78, 5) is 14.6. The van der Waals surface area contributed by atoms with Gasteiger partial charge >= 0.3 is 6.09 Å². The Morgan fingerprint density at radius 1 is 1.28 bits per heavy atom. The van der Waals surface area contributed by atoms with E-state index in [4.69, 9.17) is 4.74 Å². The van der Waals surface area contributed by atoms with Crippen LogP contribution in [0.25, 0.3) is 0 Å². The molecule has 0 spiro atoms. The minimum Gasteiger partial charge on any atom is -0.449 e.